The maximum atomic E-state index is 13.6. The fourth-order valence-corrected chi connectivity index (χ4v) is 8.65. The summed E-state index contributed by atoms with van der Waals surface area (Å²) >= 11 is 6.93. The molecule has 4 aliphatic carbocycles. The highest BCUT2D eigenvalue weighted by molar-refractivity contribution is 6.24. The van der Waals surface area contributed by atoms with Gasteiger partial charge in [0.25, 0.3) is 5.91 Å². The molecule has 2 aromatic rings. The van der Waals surface area contributed by atoms with Gasteiger partial charge in [0, 0.05) is 11.4 Å². The molecule has 7 heteroatoms. The average Bonchev–Trinajstić information content (AvgIpc) is 2.89. The fourth-order valence-electron chi connectivity index (χ4n) is 7.96. The molecule has 37 heavy (non-hydrogen) atoms. The predicted molar refractivity (Wildman–Crippen MR) is 140 cm³/mol. The fraction of sp³-hybridized carbons (Fsp3) is 0.533. The zero-order valence-corrected chi connectivity index (χ0v) is 22.3. The molecule has 1 amide bonds. The lowest BCUT2D eigenvalue weighted by molar-refractivity contribution is -0.173. The van der Waals surface area contributed by atoms with Crippen molar-refractivity contribution in [1.82, 2.24) is 4.90 Å². The van der Waals surface area contributed by atoms with Crippen LogP contribution >= 0.6 is 11.6 Å². The minimum atomic E-state index is -0.524. The summed E-state index contributed by atoms with van der Waals surface area (Å²) in [7, 11) is 3.24. The molecule has 0 radical (unpaired) electrons. The molecule has 1 heterocycles. The van der Waals surface area contributed by atoms with Gasteiger partial charge in [0.05, 0.1) is 25.7 Å². The molecule has 3 atom stereocenters. The standard InChI is InChI=1S/C30H34ClNO5/c1-35-24-11-22-8-9-32(27(21-6-4-3-5-7-21)23(22)12-25(24)36-2)26(33)17-37-28(34)29-13-19-10-20(14-29)16-30(31,15-19)18-29/h3-7,11-12,19-20,27H,8-10,13-18H2,1-2H3/t19-,20-,27+,29?,30?/m0/s1. The van der Waals surface area contributed by atoms with Gasteiger partial charge >= 0.3 is 5.97 Å². The molecule has 4 saturated carbocycles. The predicted octanol–water partition coefficient (Wildman–Crippen LogP) is 5.30. The number of carbonyl (C=O) groups excluding carboxylic acids is 2. The second kappa shape index (κ2) is 9.23. The first kappa shape index (κ1) is 24.6. The summed E-state index contributed by atoms with van der Waals surface area (Å²) in [5, 5.41) is 0. The van der Waals surface area contributed by atoms with E-state index >= 15 is 0 Å². The van der Waals surface area contributed by atoms with Crippen molar-refractivity contribution >= 4 is 23.5 Å². The summed E-state index contributed by atoms with van der Waals surface area (Å²) in [6, 6.07) is 13.6. The van der Waals surface area contributed by atoms with Gasteiger partial charge in [-0.25, -0.2) is 0 Å². The van der Waals surface area contributed by atoms with E-state index in [1.54, 1.807) is 14.2 Å². The van der Waals surface area contributed by atoms with Gasteiger partial charge in [-0.15, -0.1) is 11.6 Å². The van der Waals surface area contributed by atoms with E-state index in [-0.39, 0.29) is 29.4 Å². The highest BCUT2D eigenvalue weighted by atomic mass is 35.5. The first-order chi connectivity index (χ1) is 17.8. The molecule has 0 N–H and O–H groups in total. The molecule has 0 saturated heterocycles. The highest BCUT2D eigenvalue weighted by Gasteiger charge is 2.61. The van der Waals surface area contributed by atoms with E-state index in [0.29, 0.717) is 42.7 Å². The number of rotatable bonds is 6. The van der Waals surface area contributed by atoms with Crippen LogP contribution in [0.4, 0.5) is 0 Å². The molecule has 6 nitrogen and oxygen atoms in total. The average molecular weight is 524 g/mol. The van der Waals surface area contributed by atoms with Crippen molar-refractivity contribution in [3.8, 4) is 11.5 Å². The minimum Gasteiger partial charge on any atom is -0.493 e. The SMILES string of the molecule is COc1cc2c(cc1OC)[C@@H](c1ccccc1)N(C(=O)COC(=O)C13C[C@@H]4C[C@H](CC(Cl)(C4)C1)C3)CC2. The molecular formula is C30H34ClNO5. The Hall–Kier alpha value is -2.73. The third-order valence-electron chi connectivity index (χ3n) is 9.06. The van der Waals surface area contributed by atoms with Crippen LogP contribution < -0.4 is 9.47 Å². The first-order valence-corrected chi connectivity index (χ1v) is 13.7. The van der Waals surface area contributed by atoms with Gasteiger partial charge in [-0.3, -0.25) is 9.59 Å². The lowest BCUT2D eigenvalue weighted by Crippen LogP contribution is -2.56. The number of hydrogen-bond donors (Lipinski definition) is 0. The van der Waals surface area contributed by atoms with Gasteiger partial charge in [0.15, 0.2) is 18.1 Å². The van der Waals surface area contributed by atoms with E-state index in [4.69, 9.17) is 25.8 Å². The van der Waals surface area contributed by atoms with Gasteiger partial charge < -0.3 is 19.1 Å². The van der Waals surface area contributed by atoms with Crippen molar-refractivity contribution in [2.75, 3.05) is 27.4 Å². The third kappa shape index (κ3) is 4.27. The maximum Gasteiger partial charge on any atom is 0.312 e. The number of amides is 1. The van der Waals surface area contributed by atoms with Crippen LogP contribution in [0, 0.1) is 17.3 Å². The molecule has 5 aliphatic rings. The largest absolute Gasteiger partial charge is 0.493 e. The minimum absolute atomic E-state index is 0.187. The van der Waals surface area contributed by atoms with Crippen LogP contribution in [0.5, 0.6) is 11.5 Å². The van der Waals surface area contributed by atoms with E-state index < -0.39 is 5.41 Å². The number of nitrogens with zero attached hydrogens (tertiary/aromatic N) is 1. The molecule has 0 aromatic heterocycles. The van der Waals surface area contributed by atoms with Crippen molar-refractivity contribution in [3.63, 3.8) is 0 Å². The Balaban J connectivity index is 1.24. The quantitative estimate of drug-likeness (QED) is 0.380. The van der Waals surface area contributed by atoms with Gasteiger partial charge in [0.2, 0.25) is 0 Å². The Morgan fingerprint density at radius 1 is 1.00 bits per heavy atom. The Morgan fingerprint density at radius 3 is 2.32 bits per heavy atom. The number of halogens is 1. The molecule has 196 valence electrons. The molecule has 4 fully saturated rings. The lowest BCUT2D eigenvalue weighted by Gasteiger charge is -2.58. The number of hydrogen-bond acceptors (Lipinski definition) is 5. The van der Waals surface area contributed by atoms with E-state index in [9.17, 15) is 9.59 Å². The number of benzene rings is 2. The number of methoxy groups -OCH3 is 2. The van der Waals surface area contributed by atoms with Gasteiger partial charge in [-0.1, -0.05) is 30.3 Å². The van der Waals surface area contributed by atoms with Crippen LogP contribution in [-0.4, -0.2) is 49.0 Å². The smallest absolute Gasteiger partial charge is 0.312 e. The summed E-state index contributed by atoms with van der Waals surface area (Å²) < 4.78 is 16.9. The third-order valence-corrected chi connectivity index (χ3v) is 9.50. The van der Waals surface area contributed by atoms with Crippen LogP contribution in [0.1, 0.15) is 61.3 Å². The monoisotopic (exact) mass is 523 g/mol. The molecule has 0 spiro atoms. The normalized spacial score (nSPS) is 31.5. The van der Waals surface area contributed by atoms with Crippen molar-refractivity contribution in [2.24, 2.45) is 17.3 Å². The van der Waals surface area contributed by atoms with Crippen LogP contribution in [-0.2, 0) is 20.7 Å². The molecule has 1 aliphatic heterocycles. The number of fused-ring (bicyclic) bond motifs is 1. The number of alkyl halides is 1. The van der Waals surface area contributed by atoms with E-state index in [1.807, 2.05) is 47.4 Å². The summed E-state index contributed by atoms with van der Waals surface area (Å²) in [4.78, 5) is 28.6. The Bertz CT molecular complexity index is 1200. The molecule has 4 bridgehead atoms. The summed E-state index contributed by atoms with van der Waals surface area (Å²) in [5.74, 6) is 1.87. The van der Waals surface area contributed by atoms with Crippen molar-refractivity contribution < 1.29 is 23.8 Å². The lowest BCUT2D eigenvalue weighted by atomic mass is 9.49. The highest BCUT2D eigenvalue weighted by Crippen LogP contribution is 2.64. The van der Waals surface area contributed by atoms with Crippen molar-refractivity contribution in [2.45, 2.75) is 55.9 Å². The van der Waals surface area contributed by atoms with Gasteiger partial charge in [-0.2, -0.15) is 0 Å². The van der Waals surface area contributed by atoms with E-state index in [1.165, 1.54) is 6.42 Å². The maximum absolute atomic E-state index is 13.6. The number of carbonyl (C=O) groups is 2. The molecular weight excluding hydrogens is 490 g/mol. The number of esters is 1. The van der Waals surface area contributed by atoms with E-state index in [2.05, 4.69) is 0 Å². The van der Waals surface area contributed by atoms with Crippen LogP contribution in [0.3, 0.4) is 0 Å². The Kier molecular flexibility index (Phi) is 6.14. The number of ether oxygens (including phenoxy) is 3. The molecule has 7 rings (SSSR count). The first-order valence-electron chi connectivity index (χ1n) is 13.3. The topological polar surface area (TPSA) is 65.1 Å². The second-order valence-electron chi connectivity index (χ2n) is 11.5. The van der Waals surface area contributed by atoms with E-state index in [0.717, 1.165) is 42.4 Å². The van der Waals surface area contributed by atoms with Gasteiger partial charge in [0.1, 0.15) is 0 Å². The van der Waals surface area contributed by atoms with Crippen LogP contribution in [0.25, 0.3) is 0 Å². The van der Waals surface area contributed by atoms with Gasteiger partial charge in [-0.05, 0) is 85.6 Å². The summed E-state index contributed by atoms with van der Waals surface area (Å²) in [6.07, 6.45) is 6.21. The van der Waals surface area contributed by atoms with Crippen molar-refractivity contribution in [1.29, 1.82) is 0 Å². The van der Waals surface area contributed by atoms with Crippen LogP contribution in [0.2, 0.25) is 0 Å². The Labute approximate surface area is 223 Å². The summed E-state index contributed by atoms with van der Waals surface area (Å²) in [6.45, 7) is 0.273. The zero-order valence-electron chi connectivity index (χ0n) is 21.5. The van der Waals surface area contributed by atoms with Crippen molar-refractivity contribution in [3.05, 3.63) is 59.2 Å². The summed E-state index contributed by atoms with van der Waals surface area (Å²) in [5.41, 5.74) is 2.59. The second-order valence-corrected chi connectivity index (χ2v) is 12.3. The zero-order chi connectivity index (χ0) is 25.8. The Morgan fingerprint density at radius 2 is 1.68 bits per heavy atom. The molecule has 2 aromatic carbocycles. The molecule has 0 unspecified atom stereocenters. The van der Waals surface area contributed by atoms with Crippen LogP contribution in [0.15, 0.2) is 42.5 Å².